The highest BCUT2D eigenvalue weighted by molar-refractivity contribution is 6.36. The largest absolute Gasteiger partial charge is 0.358 e. The van der Waals surface area contributed by atoms with Crippen LogP contribution in [0.3, 0.4) is 0 Å². The molecular formula is C13H15ClN2. The van der Waals surface area contributed by atoms with Crippen LogP contribution in [0.15, 0.2) is 12.1 Å². The molecule has 2 nitrogen and oxygen atoms in total. The first kappa shape index (κ1) is 10.2. The third kappa shape index (κ3) is 1.23. The number of nitrogens with one attached hydrogen (secondary N) is 1. The minimum absolute atomic E-state index is 0.484. The molecule has 1 heterocycles. The monoisotopic (exact) mass is 234 g/mol. The topological polar surface area (TPSA) is 41.8 Å². The standard InChI is InChI=1S/C13H15ClN2/c1-7-2-5-10(14)11-9-4-3-8(6-15)13(9)16-12(7)11/h2,5,8,16H,3-4,6,15H2,1H3. The molecule has 2 aromatic rings. The van der Waals surface area contributed by atoms with Gasteiger partial charge >= 0.3 is 0 Å². The number of nitrogens with two attached hydrogens (primary N) is 1. The van der Waals surface area contributed by atoms with Crippen LogP contribution in [0.2, 0.25) is 5.02 Å². The molecule has 0 amide bonds. The minimum atomic E-state index is 0.484. The maximum atomic E-state index is 6.29. The highest BCUT2D eigenvalue weighted by Crippen LogP contribution is 2.40. The van der Waals surface area contributed by atoms with Crippen LogP contribution in [-0.4, -0.2) is 11.5 Å². The van der Waals surface area contributed by atoms with Crippen molar-refractivity contribution < 1.29 is 0 Å². The number of benzene rings is 1. The van der Waals surface area contributed by atoms with E-state index in [4.69, 9.17) is 17.3 Å². The zero-order valence-corrected chi connectivity index (χ0v) is 10.1. The number of H-pyrrole nitrogens is 1. The van der Waals surface area contributed by atoms with Crippen LogP contribution in [0.1, 0.15) is 29.2 Å². The molecule has 1 atom stereocenters. The van der Waals surface area contributed by atoms with Crippen LogP contribution < -0.4 is 5.73 Å². The van der Waals surface area contributed by atoms with Crippen molar-refractivity contribution in [2.75, 3.05) is 6.54 Å². The van der Waals surface area contributed by atoms with Gasteiger partial charge in [0.1, 0.15) is 0 Å². The summed E-state index contributed by atoms with van der Waals surface area (Å²) in [5.41, 5.74) is 10.9. The highest BCUT2D eigenvalue weighted by Gasteiger charge is 2.26. The number of aryl methyl sites for hydroxylation is 2. The van der Waals surface area contributed by atoms with Gasteiger partial charge in [-0.2, -0.15) is 0 Å². The van der Waals surface area contributed by atoms with Crippen molar-refractivity contribution >= 4 is 22.5 Å². The predicted molar refractivity (Wildman–Crippen MR) is 68.2 cm³/mol. The Kier molecular flexibility index (Phi) is 2.23. The fraction of sp³-hybridized carbons (Fsp3) is 0.385. The van der Waals surface area contributed by atoms with Gasteiger partial charge in [0, 0.05) is 23.5 Å². The second-order valence-electron chi connectivity index (χ2n) is 4.60. The molecule has 0 radical (unpaired) electrons. The van der Waals surface area contributed by atoms with Gasteiger partial charge in [-0.25, -0.2) is 0 Å². The van der Waals surface area contributed by atoms with E-state index >= 15 is 0 Å². The van der Waals surface area contributed by atoms with E-state index in [-0.39, 0.29) is 0 Å². The molecule has 1 aliphatic carbocycles. The average Bonchev–Trinajstić information content (AvgIpc) is 2.81. The van der Waals surface area contributed by atoms with E-state index in [1.807, 2.05) is 6.07 Å². The number of hydrogen-bond donors (Lipinski definition) is 2. The van der Waals surface area contributed by atoms with Crippen molar-refractivity contribution in [3.05, 3.63) is 34.0 Å². The van der Waals surface area contributed by atoms with Crippen LogP contribution in [-0.2, 0) is 6.42 Å². The minimum Gasteiger partial charge on any atom is -0.358 e. The summed E-state index contributed by atoms with van der Waals surface area (Å²) in [6.07, 6.45) is 2.25. The number of halogens is 1. The summed E-state index contributed by atoms with van der Waals surface area (Å²) in [5.74, 6) is 0.484. The Labute approximate surface area is 99.8 Å². The molecule has 0 fully saturated rings. The Morgan fingerprint density at radius 3 is 3.06 bits per heavy atom. The summed E-state index contributed by atoms with van der Waals surface area (Å²) in [4.78, 5) is 3.52. The summed E-state index contributed by atoms with van der Waals surface area (Å²) in [6.45, 7) is 2.83. The van der Waals surface area contributed by atoms with Crippen molar-refractivity contribution in [2.24, 2.45) is 5.73 Å². The quantitative estimate of drug-likeness (QED) is 0.782. The molecule has 1 unspecified atom stereocenters. The lowest BCUT2D eigenvalue weighted by molar-refractivity contribution is 0.675. The molecule has 3 rings (SSSR count). The van der Waals surface area contributed by atoms with Crippen molar-refractivity contribution in [1.29, 1.82) is 0 Å². The van der Waals surface area contributed by atoms with Gasteiger partial charge in [-0.3, -0.25) is 0 Å². The van der Waals surface area contributed by atoms with Crippen molar-refractivity contribution in [1.82, 2.24) is 4.98 Å². The molecule has 1 aromatic carbocycles. The Morgan fingerprint density at radius 1 is 1.50 bits per heavy atom. The first-order valence-electron chi connectivity index (χ1n) is 5.72. The summed E-state index contributed by atoms with van der Waals surface area (Å²) in [7, 11) is 0. The molecule has 1 aliphatic rings. The normalized spacial score (nSPS) is 19.3. The second kappa shape index (κ2) is 3.51. The Morgan fingerprint density at radius 2 is 2.31 bits per heavy atom. The van der Waals surface area contributed by atoms with Gasteiger partial charge in [-0.15, -0.1) is 0 Å². The van der Waals surface area contributed by atoms with E-state index in [1.54, 1.807) is 0 Å². The van der Waals surface area contributed by atoms with Crippen LogP contribution in [0.4, 0.5) is 0 Å². The van der Waals surface area contributed by atoms with E-state index in [0.29, 0.717) is 5.92 Å². The fourth-order valence-electron chi connectivity index (χ4n) is 2.79. The van der Waals surface area contributed by atoms with E-state index in [2.05, 4.69) is 18.0 Å². The number of rotatable bonds is 1. The average molecular weight is 235 g/mol. The fourth-order valence-corrected chi connectivity index (χ4v) is 3.06. The Balaban J connectivity index is 2.34. The molecule has 0 bridgehead atoms. The van der Waals surface area contributed by atoms with E-state index in [0.717, 1.165) is 24.4 Å². The van der Waals surface area contributed by atoms with Gasteiger partial charge in [-0.05, 0) is 37.0 Å². The number of aromatic nitrogens is 1. The third-order valence-electron chi connectivity index (χ3n) is 3.68. The number of aromatic amines is 1. The summed E-state index contributed by atoms with van der Waals surface area (Å²) in [6, 6.07) is 4.05. The lowest BCUT2D eigenvalue weighted by Gasteiger charge is -2.05. The maximum absolute atomic E-state index is 6.29. The van der Waals surface area contributed by atoms with Gasteiger partial charge < -0.3 is 10.7 Å². The molecule has 0 aliphatic heterocycles. The summed E-state index contributed by atoms with van der Waals surface area (Å²) < 4.78 is 0. The van der Waals surface area contributed by atoms with Crippen LogP contribution in [0.25, 0.3) is 10.9 Å². The maximum Gasteiger partial charge on any atom is 0.0503 e. The van der Waals surface area contributed by atoms with Crippen molar-refractivity contribution in [2.45, 2.75) is 25.7 Å². The van der Waals surface area contributed by atoms with Gasteiger partial charge in [0.15, 0.2) is 0 Å². The molecule has 84 valence electrons. The molecule has 0 saturated carbocycles. The van der Waals surface area contributed by atoms with Crippen molar-refractivity contribution in [3.63, 3.8) is 0 Å². The first-order valence-corrected chi connectivity index (χ1v) is 6.09. The summed E-state index contributed by atoms with van der Waals surface area (Å²) in [5, 5.41) is 2.07. The lowest BCUT2D eigenvalue weighted by Crippen LogP contribution is -2.09. The van der Waals surface area contributed by atoms with Gasteiger partial charge in [0.05, 0.1) is 10.5 Å². The molecule has 3 N–H and O–H groups in total. The summed E-state index contributed by atoms with van der Waals surface area (Å²) >= 11 is 6.29. The molecule has 3 heteroatoms. The van der Waals surface area contributed by atoms with Crippen LogP contribution >= 0.6 is 11.6 Å². The zero-order valence-electron chi connectivity index (χ0n) is 9.31. The van der Waals surface area contributed by atoms with E-state index < -0.39 is 0 Å². The van der Waals surface area contributed by atoms with Crippen LogP contribution in [0, 0.1) is 6.92 Å². The lowest BCUT2D eigenvalue weighted by atomic mass is 10.1. The van der Waals surface area contributed by atoms with E-state index in [1.165, 1.54) is 27.7 Å². The Hall–Kier alpha value is -0.990. The number of hydrogen-bond acceptors (Lipinski definition) is 1. The first-order chi connectivity index (χ1) is 7.72. The Bertz CT molecular complexity index is 557. The molecule has 0 spiro atoms. The smallest absolute Gasteiger partial charge is 0.0503 e. The highest BCUT2D eigenvalue weighted by atomic mass is 35.5. The third-order valence-corrected chi connectivity index (χ3v) is 4.00. The molecule has 0 saturated heterocycles. The van der Waals surface area contributed by atoms with Gasteiger partial charge in [0.25, 0.3) is 0 Å². The van der Waals surface area contributed by atoms with Crippen LogP contribution in [0.5, 0.6) is 0 Å². The zero-order chi connectivity index (χ0) is 11.3. The van der Waals surface area contributed by atoms with Crippen molar-refractivity contribution in [3.8, 4) is 0 Å². The molecule has 1 aromatic heterocycles. The molecular weight excluding hydrogens is 220 g/mol. The second-order valence-corrected chi connectivity index (χ2v) is 5.01. The predicted octanol–water partition coefficient (Wildman–Crippen LogP) is 3.12. The van der Waals surface area contributed by atoms with Gasteiger partial charge in [0.2, 0.25) is 0 Å². The number of fused-ring (bicyclic) bond motifs is 3. The van der Waals surface area contributed by atoms with Gasteiger partial charge in [-0.1, -0.05) is 17.7 Å². The van der Waals surface area contributed by atoms with E-state index in [9.17, 15) is 0 Å². The SMILES string of the molecule is Cc1ccc(Cl)c2c3c([nH]c12)C(CN)CC3. The molecule has 16 heavy (non-hydrogen) atoms.